The molecular weight excluding hydrogens is 228 g/mol. The summed E-state index contributed by atoms with van der Waals surface area (Å²) in [6, 6.07) is 10.0. The van der Waals surface area contributed by atoms with Crippen LogP contribution in [0.15, 0.2) is 43.0 Å². The van der Waals surface area contributed by atoms with Crippen LogP contribution in [0.25, 0.3) is 0 Å². The molecule has 18 heavy (non-hydrogen) atoms. The number of hydrogen-bond acceptors (Lipinski definition) is 3. The fraction of sp³-hybridized carbons (Fsp3) is 0.357. The van der Waals surface area contributed by atoms with E-state index in [0.717, 1.165) is 18.7 Å². The van der Waals surface area contributed by atoms with E-state index in [9.17, 15) is 4.79 Å². The van der Waals surface area contributed by atoms with E-state index < -0.39 is 0 Å². The molecule has 0 aliphatic carbocycles. The SMILES string of the molecule is C=CCOC(=O)N1CCNCC1c1ccccc1. The summed E-state index contributed by atoms with van der Waals surface area (Å²) >= 11 is 0. The van der Waals surface area contributed by atoms with Crippen LogP contribution in [0.3, 0.4) is 0 Å². The minimum atomic E-state index is -0.273. The maximum absolute atomic E-state index is 12.0. The van der Waals surface area contributed by atoms with Gasteiger partial charge in [0.2, 0.25) is 0 Å². The van der Waals surface area contributed by atoms with Crippen molar-refractivity contribution in [2.75, 3.05) is 26.2 Å². The molecule has 0 spiro atoms. The Morgan fingerprint density at radius 3 is 3.00 bits per heavy atom. The predicted octanol–water partition coefficient (Wildman–Crippen LogP) is 1.96. The molecule has 0 bridgehead atoms. The third-order valence-electron chi connectivity index (χ3n) is 2.99. The number of hydrogen-bond donors (Lipinski definition) is 1. The van der Waals surface area contributed by atoms with Crippen LogP contribution in [0.4, 0.5) is 4.79 Å². The maximum Gasteiger partial charge on any atom is 0.410 e. The molecule has 1 aromatic rings. The van der Waals surface area contributed by atoms with Gasteiger partial charge in [-0.05, 0) is 5.56 Å². The summed E-state index contributed by atoms with van der Waals surface area (Å²) in [4.78, 5) is 13.7. The third kappa shape index (κ3) is 2.90. The van der Waals surface area contributed by atoms with Gasteiger partial charge >= 0.3 is 6.09 Å². The number of nitrogens with zero attached hydrogens (tertiary/aromatic N) is 1. The van der Waals surface area contributed by atoms with Crippen molar-refractivity contribution in [2.45, 2.75) is 6.04 Å². The average molecular weight is 246 g/mol. The highest BCUT2D eigenvalue weighted by molar-refractivity contribution is 5.68. The van der Waals surface area contributed by atoms with Crippen LogP contribution in [-0.2, 0) is 4.74 Å². The molecule has 1 atom stereocenters. The topological polar surface area (TPSA) is 41.6 Å². The van der Waals surface area contributed by atoms with E-state index in [-0.39, 0.29) is 18.7 Å². The molecule has 4 heteroatoms. The van der Waals surface area contributed by atoms with Crippen LogP contribution in [0.1, 0.15) is 11.6 Å². The van der Waals surface area contributed by atoms with E-state index in [1.165, 1.54) is 0 Å². The summed E-state index contributed by atoms with van der Waals surface area (Å²) in [5.41, 5.74) is 1.13. The van der Waals surface area contributed by atoms with Gasteiger partial charge in [0.15, 0.2) is 0 Å². The Bertz CT molecular complexity index is 406. The van der Waals surface area contributed by atoms with Gasteiger partial charge in [0, 0.05) is 19.6 Å². The van der Waals surface area contributed by atoms with Gasteiger partial charge < -0.3 is 10.1 Å². The van der Waals surface area contributed by atoms with Gasteiger partial charge in [-0.3, -0.25) is 4.90 Å². The van der Waals surface area contributed by atoms with E-state index in [4.69, 9.17) is 4.74 Å². The lowest BCUT2D eigenvalue weighted by atomic mass is 10.0. The summed E-state index contributed by atoms with van der Waals surface area (Å²) in [7, 11) is 0. The van der Waals surface area contributed by atoms with Crippen molar-refractivity contribution < 1.29 is 9.53 Å². The number of carbonyl (C=O) groups excluding carboxylic acids is 1. The summed E-state index contributed by atoms with van der Waals surface area (Å²) in [5.74, 6) is 0. The quantitative estimate of drug-likeness (QED) is 0.829. The zero-order chi connectivity index (χ0) is 12.8. The van der Waals surface area contributed by atoms with Crippen LogP contribution < -0.4 is 5.32 Å². The molecule has 1 saturated heterocycles. The van der Waals surface area contributed by atoms with Gasteiger partial charge in [-0.1, -0.05) is 43.0 Å². The number of rotatable bonds is 3. The Morgan fingerprint density at radius 1 is 1.50 bits per heavy atom. The van der Waals surface area contributed by atoms with Gasteiger partial charge in [-0.25, -0.2) is 4.79 Å². The number of piperazine rings is 1. The first kappa shape index (κ1) is 12.6. The van der Waals surface area contributed by atoms with Crippen LogP contribution in [-0.4, -0.2) is 37.2 Å². The van der Waals surface area contributed by atoms with E-state index in [1.54, 1.807) is 11.0 Å². The second kappa shape index (κ2) is 6.21. The Hall–Kier alpha value is -1.81. The molecule has 1 unspecified atom stereocenters. The molecule has 1 heterocycles. The zero-order valence-electron chi connectivity index (χ0n) is 10.3. The minimum absolute atomic E-state index is 0.0391. The van der Waals surface area contributed by atoms with E-state index in [2.05, 4.69) is 11.9 Å². The number of nitrogens with one attached hydrogen (secondary N) is 1. The first-order valence-corrected chi connectivity index (χ1v) is 6.13. The molecule has 1 amide bonds. The zero-order valence-corrected chi connectivity index (χ0v) is 10.3. The van der Waals surface area contributed by atoms with Crippen molar-refractivity contribution >= 4 is 6.09 Å². The lowest BCUT2D eigenvalue weighted by molar-refractivity contribution is 0.0853. The third-order valence-corrected chi connectivity index (χ3v) is 2.99. The van der Waals surface area contributed by atoms with Crippen LogP contribution >= 0.6 is 0 Å². The molecule has 96 valence electrons. The Morgan fingerprint density at radius 2 is 2.28 bits per heavy atom. The Kier molecular flexibility index (Phi) is 4.36. The second-order valence-electron chi connectivity index (χ2n) is 4.19. The smallest absolute Gasteiger partial charge is 0.410 e. The summed E-state index contributed by atoms with van der Waals surface area (Å²) < 4.78 is 5.12. The number of benzene rings is 1. The molecule has 0 radical (unpaired) electrons. The van der Waals surface area contributed by atoms with Crippen molar-refractivity contribution in [2.24, 2.45) is 0 Å². The average Bonchev–Trinajstić information content (AvgIpc) is 2.45. The fourth-order valence-electron chi connectivity index (χ4n) is 2.11. The largest absolute Gasteiger partial charge is 0.445 e. The number of amides is 1. The molecule has 4 nitrogen and oxygen atoms in total. The summed E-state index contributed by atoms with van der Waals surface area (Å²) in [5, 5.41) is 3.30. The molecule has 1 aliphatic rings. The van der Waals surface area contributed by atoms with Gasteiger partial charge in [-0.2, -0.15) is 0 Å². The molecule has 1 fully saturated rings. The molecule has 1 N–H and O–H groups in total. The lowest BCUT2D eigenvalue weighted by Gasteiger charge is -2.35. The van der Waals surface area contributed by atoms with Crippen LogP contribution in [0.5, 0.6) is 0 Å². The van der Waals surface area contributed by atoms with Crippen molar-refractivity contribution in [3.8, 4) is 0 Å². The van der Waals surface area contributed by atoms with Crippen molar-refractivity contribution in [1.82, 2.24) is 10.2 Å². The fourth-order valence-corrected chi connectivity index (χ4v) is 2.11. The van der Waals surface area contributed by atoms with Crippen molar-refractivity contribution in [1.29, 1.82) is 0 Å². The summed E-state index contributed by atoms with van der Waals surface area (Å²) in [6.07, 6.45) is 1.31. The van der Waals surface area contributed by atoms with Gasteiger partial charge in [0.05, 0.1) is 6.04 Å². The molecule has 1 aromatic carbocycles. The minimum Gasteiger partial charge on any atom is -0.445 e. The highest BCUT2D eigenvalue weighted by atomic mass is 16.6. The number of carbonyl (C=O) groups is 1. The second-order valence-corrected chi connectivity index (χ2v) is 4.19. The van der Waals surface area contributed by atoms with Gasteiger partial charge in [0.25, 0.3) is 0 Å². The first-order valence-electron chi connectivity index (χ1n) is 6.13. The van der Waals surface area contributed by atoms with Crippen molar-refractivity contribution in [3.05, 3.63) is 48.6 Å². The highest BCUT2D eigenvalue weighted by Crippen LogP contribution is 2.22. The van der Waals surface area contributed by atoms with E-state index in [1.807, 2.05) is 30.3 Å². The Labute approximate surface area is 107 Å². The number of ether oxygens (including phenoxy) is 1. The maximum atomic E-state index is 12.0. The van der Waals surface area contributed by atoms with Gasteiger partial charge in [-0.15, -0.1) is 0 Å². The molecule has 0 saturated carbocycles. The van der Waals surface area contributed by atoms with Gasteiger partial charge in [0.1, 0.15) is 6.61 Å². The summed E-state index contributed by atoms with van der Waals surface area (Å²) in [6.45, 7) is 6.02. The molecule has 0 aromatic heterocycles. The van der Waals surface area contributed by atoms with E-state index in [0.29, 0.717) is 6.54 Å². The normalized spacial score (nSPS) is 19.3. The van der Waals surface area contributed by atoms with Crippen LogP contribution in [0, 0.1) is 0 Å². The first-order chi connectivity index (χ1) is 8.83. The lowest BCUT2D eigenvalue weighted by Crippen LogP contribution is -2.48. The van der Waals surface area contributed by atoms with Crippen molar-refractivity contribution in [3.63, 3.8) is 0 Å². The molecule has 1 aliphatic heterocycles. The molecular formula is C14H18N2O2. The predicted molar refractivity (Wildman–Crippen MR) is 70.3 cm³/mol. The highest BCUT2D eigenvalue weighted by Gasteiger charge is 2.28. The Balaban J connectivity index is 2.11. The van der Waals surface area contributed by atoms with E-state index >= 15 is 0 Å². The van der Waals surface area contributed by atoms with Crippen LogP contribution in [0.2, 0.25) is 0 Å². The molecule has 2 rings (SSSR count). The standard InChI is InChI=1S/C14H18N2O2/c1-2-10-18-14(17)16-9-8-15-11-13(16)12-6-4-3-5-7-12/h2-7,13,15H,1,8-11H2. The monoisotopic (exact) mass is 246 g/mol.